The standard InChI is InChI=1S/C28H29N5O2S/c1-18-24(26(34)32(2)3)25(33-15-8-16-36-28(33)29-18)20-11-6-12-21(17-20)30-27(35)31-23-14-7-10-19-9-4-5-13-22(19)23/h4-7,9-14,17,25H,8,15-16H2,1-3H3,(H2,30,31,35). The number of urea groups is 1. The van der Waals surface area contributed by atoms with Gasteiger partial charge in [0.25, 0.3) is 5.91 Å². The molecule has 1 atom stereocenters. The first-order chi connectivity index (χ1) is 17.4. The number of anilines is 2. The van der Waals surface area contributed by atoms with Gasteiger partial charge in [-0.1, -0.05) is 60.3 Å². The maximum absolute atomic E-state index is 13.2. The molecule has 0 saturated carbocycles. The minimum absolute atomic E-state index is 0.0528. The summed E-state index contributed by atoms with van der Waals surface area (Å²) in [5.41, 5.74) is 3.76. The number of aliphatic imine (C=N–C) groups is 1. The van der Waals surface area contributed by atoms with Gasteiger partial charge >= 0.3 is 6.03 Å². The lowest BCUT2D eigenvalue weighted by molar-refractivity contribution is -0.125. The van der Waals surface area contributed by atoms with Gasteiger partial charge in [-0.2, -0.15) is 0 Å². The third-order valence-electron chi connectivity index (χ3n) is 6.39. The second-order valence-electron chi connectivity index (χ2n) is 9.12. The number of hydrogen-bond donors (Lipinski definition) is 2. The van der Waals surface area contributed by atoms with Gasteiger partial charge in [0.1, 0.15) is 0 Å². The lowest BCUT2D eigenvalue weighted by Crippen LogP contribution is -2.43. The molecule has 7 nitrogen and oxygen atoms in total. The number of amidine groups is 1. The summed E-state index contributed by atoms with van der Waals surface area (Å²) in [6.07, 6.45) is 1.02. The molecule has 0 aromatic heterocycles. The van der Waals surface area contributed by atoms with Crippen LogP contribution in [0, 0.1) is 0 Å². The molecule has 0 bridgehead atoms. The number of carbonyl (C=O) groups excluding carboxylic acids is 2. The SMILES string of the molecule is CC1=C(C(=O)N(C)C)C(c2cccc(NC(=O)Nc3cccc4ccccc34)c2)N2CCCSC2=N1. The highest BCUT2D eigenvalue weighted by Gasteiger charge is 2.37. The first-order valence-corrected chi connectivity index (χ1v) is 13.0. The van der Waals surface area contributed by atoms with E-state index in [1.54, 1.807) is 30.8 Å². The Kier molecular flexibility index (Phi) is 6.69. The Morgan fingerprint density at radius 3 is 2.64 bits per heavy atom. The molecule has 36 heavy (non-hydrogen) atoms. The quantitative estimate of drug-likeness (QED) is 0.483. The average molecular weight is 500 g/mol. The second-order valence-corrected chi connectivity index (χ2v) is 10.2. The smallest absolute Gasteiger partial charge is 0.323 e. The first-order valence-electron chi connectivity index (χ1n) is 12.0. The minimum Gasteiger partial charge on any atom is -0.345 e. The van der Waals surface area contributed by atoms with Gasteiger partial charge in [-0.05, 0) is 42.5 Å². The number of likely N-dealkylation sites (N-methyl/N-ethyl adjacent to an activating group) is 1. The van der Waals surface area contributed by atoms with Crippen LogP contribution in [-0.2, 0) is 4.79 Å². The van der Waals surface area contributed by atoms with E-state index in [-0.39, 0.29) is 18.0 Å². The van der Waals surface area contributed by atoms with Gasteiger partial charge in [-0.3, -0.25) is 4.79 Å². The third kappa shape index (κ3) is 4.68. The van der Waals surface area contributed by atoms with Crippen molar-refractivity contribution in [2.24, 2.45) is 4.99 Å². The number of hydrogen-bond acceptors (Lipinski definition) is 5. The van der Waals surface area contributed by atoms with Gasteiger partial charge in [-0.25, -0.2) is 9.79 Å². The number of thioether (sulfide) groups is 1. The van der Waals surface area contributed by atoms with Gasteiger partial charge in [0.05, 0.1) is 23.0 Å². The zero-order valence-corrected chi connectivity index (χ0v) is 21.4. The maximum atomic E-state index is 13.2. The number of benzene rings is 3. The average Bonchev–Trinajstić information content (AvgIpc) is 2.87. The summed E-state index contributed by atoms with van der Waals surface area (Å²) in [5.74, 6) is 0.963. The number of rotatable bonds is 4. The highest BCUT2D eigenvalue weighted by Crippen LogP contribution is 2.40. The Morgan fingerprint density at radius 2 is 1.81 bits per heavy atom. The molecule has 2 N–H and O–H groups in total. The predicted octanol–water partition coefficient (Wildman–Crippen LogP) is 5.70. The van der Waals surface area contributed by atoms with Crippen molar-refractivity contribution in [2.45, 2.75) is 19.4 Å². The van der Waals surface area contributed by atoms with Crippen LogP contribution >= 0.6 is 11.8 Å². The van der Waals surface area contributed by atoms with Crippen LogP contribution < -0.4 is 10.6 Å². The molecule has 5 rings (SSSR count). The Hall–Kier alpha value is -3.78. The van der Waals surface area contributed by atoms with Crippen LogP contribution in [0.3, 0.4) is 0 Å². The summed E-state index contributed by atoms with van der Waals surface area (Å²) < 4.78 is 0. The zero-order chi connectivity index (χ0) is 25.2. The normalized spacial score (nSPS) is 17.4. The fourth-order valence-electron chi connectivity index (χ4n) is 4.74. The molecule has 0 spiro atoms. The number of nitrogens with zero attached hydrogens (tertiary/aromatic N) is 3. The molecule has 2 heterocycles. The molecule has 0 aliphatic carbocycles. The molecule has 2 aliphatic heterocycles. The number of fused-ring (bicyclic) bond motifs is 2. The van der Waals surface area contributed by atoms with Gasteiger partial charge in [-0.15, -0.1) is 0 Å². The van der Waals surface area contributed by atoms with Crippen LogP contribution in [0.5, 0.6) is 0 Å². The van der Waals surface area contributed by atoms with Gasteiger partial charge in [0.15, 0.2) is 5.17 Å². The molecule has 1 unspecified atom stereocenters. The van der Waals surface area contributed by atoms with Crippen molar-refractivity contribution in [3.63, 3.8) is 0 Å². The van der Waals surface area contributed by atoms with Crippen LogP contribution in [0.15, 0.2) is 83.0 Å². The molecule has 0 radical (unpaired) electrons. The fourth-order valence-corrected chi connectivity index (χ4v) is 5.76. The van der Waals surface area contributed by atoms with E-state index in [9.17, 15) is 9.59 Å². The van der Waals surface area contributed by atoms with E-state index in [1.807, 2.05) is 73.7 Å². The summed E-state index contributed by atoms with van der Waals surface area (Å²) in [7, 11) is 3.53. The molecule has 1 fully saturated rings. The van der Waals surface area contributed by atoms with Crippen molar-refractivity contribution in [1.29, 1.82) is 0 Å². The van der Waals surface area contributed by atoms with E-state index in [1.165, 1.54) is 0 Å². The van der Waals surface area contributed by atoms with E-state index in [2.05, 4.69) is 15.5 Å². The largest absolute Gasteiger partial charge is 0.345 e. The van der Waals surface area contributed by atoms with Crippen molar-refractivity contribution < 1.29 is 9.59 Å². The molecule has 2 aliphatic rings. The van der Waals surface area contributed by atoms with Gasteiger partial charge < -0.3 is 20.4 Å². The predicted molar refractivity (Wildman–Crippen MR) is 148 cm³/mol. The van der Waals surface area contributed by atoms with E-state index < -0.39 is 0 Å². The third-order valence-corrected chi connectivity index (χ3v) is 7.47. The first kappa shape index (κ1) is 23.9. The lowest BCUT2D eigenvalue weighted by atomic mass is 9.93. The monoisotopic (exact) mass is 499 g/mol. The number of carbonyl (C=O) groups is 2. The summed E-state index contributed by atoms with van der Waals surface area (Å²) in [4.78, 5) is 34.7. The van der Waals surface area contributed by atoms with Crippen LogP contribution in [0.1, 0.15) is 24.9 Å². The molecule has 3 aromatic carbocycles. The summed E-state index contributed by atoms with van der Waals surface area (Å²) in [6.45, 7) is 2.73. The summed E-state index contributed by atoms with van der Waals surface area (Å²) in [6, 6.07) is 20.9. The molecular formula is C28H29N5O2S. The topological polar surface area (TPSA) is 77.0 Å². The Bertz CT molecular complexity index is 1390. The molecule has 1 saturated heterocycles. The highest BCUT2D eigenvalue weighted by molar-refractivity contribution is 8.13. The summed E-state index contributed by atoms with van der Waals surface area (Å²) >= 11 is 1.73. The van der Waals surface area contributed by atoms with Crippen LogP contribution in [0.25, 0.3) is 10.8 Å². The van der Waals surface area contributed by atoms with Crippen molar-refractivity contribution in [3.8, 4) is 0 Å². The van der Waals surface area contributed by atoms with E-state index in [4.69, 9.17) is 4.99 Å². The van der Waals surface area contributed by atoms with Gasteiger partial charge in [0, 0.05) is 37.5 Å². The zero-order valence-electron chi connectivity index (χ0n) is 20.6. The second kappa shape index (κ2) is 10.1. The minimum atomic E-state index is -0.320. The van der Waals surface area contributed by atoms with Crippen molar-refractivity contribution in [1.82, 2.24) is 9.80 Å². The number of amides is 3. The Labute approximate surface area is 215 Å². The van der Waals surface area contributed by atoms with Crippen molar-refractivity contribution in [2.75, 3.05) is 37.0 Å². The molecule has 8 heteroatoms. The summed E-state index contributed by atoms with van der Waals surface area (Å²) in [5, 5.41) is 8.93. The lowest BCUT2D eigenvalue weighted by Gasteiger charge is -2.41. The number of nitrogens with one attached hydrogen (secondary N) is 2. The van der Waals surface area contributed by atoms with Crippen molar-refractivity contribution >= 4 is 51.0 Å². The highest BCUT2D eigenvalue weighted by atomic mass is 32.2. The molecule has 3 amide bonds. The molecular weight excluding hydrogens is 470 g/mol. The number of allylic oxidation sites excluding steroid dienone is 1. The van der Waals surface area contributed by atoms with E-state index in [0.29, 0.717) is 11.3 Å². The molecule has 184 valence electrons. The van der Waals surface area contributed by atoms with Gasteiger partial charge in [0.2, 0.25) is 0 Å². The maximum Gasteiger partial charge on any atom is 0.323 e. The Balaban J connectivity index is 1.43. The van der Waals surface area contributed by atoms with Crippen LogP contribution in [0.4, 0.5) is 16.2 Å². The van der Waals surface area contributed by atoms with Crippen molar-refractivity contribution in [3.05, 3.63) is 83.6 Å². The van der Waals surface area contributed by atoms with Crippen LogP contribution in [0.2, 0.25) is 0 Å². The molecule has 3 aromatic rings. The van der Waals surface area contributed by atoms with E-state index in [0.717, 1.165) is 51.6 Å². The van der Waals surface area contributed by atoms with Crippen LogP contribution in [-0.4, -0.2) is 53.3 Å². The Morgan fingerprint density at radius 1 is 1.03 bits per heavy atom. The fraction of sp³-hybridized carbons (Fsp3) is 0.250. The van der Waals surface area contributed by atoms with E-state index >= 15 is 0 Å².